The molecule has 3 aliphatic rings. The summed E-state index contributed by atoms with van der Waals surface area (Å²) in [7, 11) is 1.73. The Hall–Kier alpha value is -4.27. The van der Waals surface area contributed by atoms with E-state index in [2.05, 4.69) is 32.9 Å². The summed E-state index contributed by atoms with van der Waals surface area (Å²) in [6.45, 7) is 8.96. The number of carbonyl (C=O) groups is 3. The molecule has 0 bridgehead atoms. The molecule has 1 saturated carbocycles. The van der Waals surface area contributed by atoms with E-state index in [0.717, 1.165) is 62.8 Å². The first-order chi connectivity index (χ1) is 23.7. The number of imide groups is 1. The highest BCUT2D eigenvalue weighted by molar-refractivity contribution is 6.00. The second-order valence-corrected chi connectivity index (χ2v) is 14.9. The van der Waals surface area contributed by atoms with Crippen molar-refractivity contribution in [2.45, 2.75) is 115 Å². The fourth-order valence-electron chi connectivity index (χ4n) is 7.83. The van der Waals surface area contributed by atoms with E-state index in [4.69, 9.17) is 4.74 Å². The average Bonchev–Trinajstić information content (AvgIpc) is 3.59. The summed E-state index contributed by atoms with van der Waals surface area (Å²) in [6.07, 6.45) is 3.67. The van der Waals surface area contributed by atoms with E-state index in [1.807, 2.05) is 18.2 Å². The van der Waals surface area contributed by atoms with Gasteiger partial charge in [0.25, 0.3) is 6.43 Å². The number of fused-ring (bicyclic) bond motifs is 1. The molecule has 2 saturated heterocycles. The number of aryl methyl sites for hydroxylation is 1. The normalized spacial score (nSPS) is 23.0. The van der Waals surface area contributed by atoms with Gasteiger partial charge in [-0.1, -0.05) is 6.07 Å². The maximum atomic E-state index is 13.8. The molecule has 1 aliphatic carbocycles. The van der Waals surface area contributed by atoms with Gasteiger partial charge in [0.15, 0.2) is 5.69 Å². The molecular weight excluding hydrogens is 650 g/mol. The molecule has 3 amide bonds. The van der Waals surface area contributed by atoms with Crippen LogP contribution in [0.2, 0.25) is 0 Å². The highest BCUT2D eigenvalue weighted by Crippen LogP contribution is 2.37. The van der Waals surface area contributed by atoms with Gasteiger partial charge in [0, 0.05) is 44.8 Å². The summed E-state index contributed by atoms with van der Waals surface area (Å²) in [5.74, 6) is -0.327. The van der Waals surface area contributed by atoms with Gasteiger partial charge in [-0.2, -0.15) is 5.10 Å². The highest BCUT2D eigenvalue weighted by Gasteiger charge is 2.34. The molecule has 15 heteroatoms. The number of hydrogen-bond donors (Lipinski definition) is 3. The average molecular weight is 699 g/mol. The number of rotatable bonds is 8. The van der Waals surface area contributed by atoms with Crippen molar-refractivity contribution in [1.29, 1.82) is 0 Å². The summed E-state index contributed by atoms with van der Waals surface area (Å²) in [6, 6.07) is 5.65. The van der Waals surface area contributed by atoms with Gasteiger partial charge >= 0.3 is 11.8 Å². The Kier molecular flexibility index (Phi) is 10.1. The second-order valence-electron chi connectivity index (χ2n) is 14.9. The van der Waals surface area contributed by atoms with Gasteiger partial charge in [-0.15, -0.1) is 0 Å². The third-order valence-electron chi connectivity index (χ3n) is 10.4. The molecule has 2 aromatic heterocycles. The minimum Gasteiger partial charge on any atom is -0.444 e. The number of anilines is 2. The van der Waals surface area contributed by atoms with Gasteiger partial charge in [-0.3, -0.25) is 34.0 Å². The van der Waals surface area contributed by atoms with E-state index >= 15 is 0 Å². The van der Waals surface area contributed by atoms with Gasteiger partial charge in [-0.25, -0.2) is 18.4 Å². The fraction of sp³-hybridized carbons (Fsp3) is 0.629. The van der Waals surface area contributed by atoms with Gasteiger partial charge < -0.3 is 15.0 Å². The van der Waals surface area contributed by atoms with Crippen LogP contribution in [0.25, 0.3) is 11.0 Å². The molecule has 0 radical (unpaired) electrons. The lowest BCUT2D eigenvalue weighted by atomic mass is 9.81. The Labute approximate surface area is 289 Å². The van der Waals surface area contributed by atoms with Crippen LogP contribution in [0.1, 0.15) is 103 Å². The Morgan fingerprint density at radius 3 is 2.38 bits per heavy atom. The minimum atomic E-state index is -2.83. The van der Waals surface area contributed by atoms with Crippen LogP contribution < -0.4 is 26.5 Å². The molecule has 3 aromatic rings. The molecule has 4 heterocycles. The highest BCUT2D eigenvalue weighted by atomic mass is 19.3. The molecule has 2 aliphatic heterocycles. The number of hydrogen-bond acceptors (Lipinski definition) is 8. The largest absolute Gasteiger partial charge is 0.444 e. The summed E-state index contributed by atoms with van der Waals surface area (Å²) in [4.78, 5) is 52.3. The molecule has 13 nitrogen and oxygen atoms in total. The molecule has 6 rings (SSSR count). The van der Waals surface area contributed by atoms with Crippen molar-refractivity contribution in [2.24, 2.45) is 13.0 Å². The van der Waals surface area contributed by atoms with Crippen LogP contribution in [-0.4, -0.2) is 67.6 Å². The number of ether oxygens (including phenoxy) is 1. The lowest BCUT2D eigenvalue weighted by Crippen LogP contribution is -2.48. The summed E-state index contributed by atoms with van der Waals surface area (Å²) in [5.41, 5.74) is 0.912. The lowest BCUT2D eigenvalue weighted by Gasteiger charge is -2.38. The molecular formula is C35H48F2N8O5. The topological polar surface area (TPSA) is 145 Å². The monoisotopic (exact) mass is 698 g/mol. The molecule has 2 atom stereocenters. The molecule has 0 spiro atoms. The molecule has 2 unspecified atom stereocenters. The minimum absolute atomic E-state index is 0.0249. The number of aromatic nitrogens is 4. The van der Waals surface area contributed by atoms with Crippen molar-refractivity contribution < 1.29 is 27.9 Å². The van der Waals surface area contributed by atoms with Crippen LogP contribution in [0, 0.1) is 5.92 Å². The Morgan fingerprint density at radius 1 is 1.04 bits per heavy atom. The number of carbonyl (C=O) groups excluding carboxylic acids is 3. The predicted octanol–water partition coefficient (Wildman–Crippen LogP) is 5.18. The standard InChI is InChI=1S/C35H48F2N8O5/c1-20(21-9-11-23(12-10-21)44-19-24(29(41-44)31(36)37)39-33(48)50-35(2,3)4)38-22-15-17-43(18-16-22)25-7-6-8-26-30(25)42(5)34(49)45(26)27-13-14-28(46)40-32(27)47/h6-8,19-23,27,31,38H,9-18H2,1-5H3,(H,39,48)(H,40,46,47)/t20?,21-,23-,27?. The van der Waals surface area contributed by atoms with E-state index in [9.17, 15) is 28.0 Å². The van der Waals surface area contributed by atoms with Gasteiger partial charge in [0.2, 0.25) is 11.8 Å². The number of nitrogens with one attached hydrogen (secondary N) is 3. The maximum absolute atomic E-state index is 13.8. The van der Waals surface area contributed by atoms with Crippen molar-refractivity contribution in [3.8, 4) is 0 Å². The first kappa shape index (κ1) is 35.6. The molecule has 272 valence electrons. The summed E-state index contributed by atoms with van der Waals surface area (Å²) < 4.78 is 37.5. The maximum Gasteiger partial charge on any atom is 0.412 e. The quantitative estimate of drug-likeness (QED) is 0.273. The zero-order valence-corrected chi connectivity index (χ0v) is 29.4. The first-order valence-electron chi connectivity index (χ1n) is 17.6. The van der Waals surface area contributed by atoms with Gasteiger partial charge in [0.1, 0.15) is 11.6 Å². The second kappa shape index (κ2) is 14.2. The van der Waals surface area contributed by atoms with E-state index in [0.29, 0.717) is 23.9 Å². The Bertz CT molecular complexity index is 1790. The zero-order valence-electron chi connectivity index (χ0n) is 29.4. The summed E-state index contributed by atoms with van der Waals surface area (Å²) >= 11 is 0. The number of halogens is 2. The number of nitrogens with zero attached hydrogens (tertiary/aromatic N) is 5. The van der Waals surface area contributed by atoms with E-state index < -0.39 is 35.8 Å². The van der Waals surface area contributed by atoms with E-state index in [1.54, 1.807) is 37.1 Å². The first-order valence-corrected chi connectivity index (χ1v) is 17.6. The van der Waals surface area contributed by atoms with Crippen LogP contribution in [-0.2, 0) is 21.4 Å². The van der Waals surface area contributed by atoms with Crippen LogP contribution in [0.15, 0.2) is 29.2 Å². The van der Waals surface area contributed by atoms with Crippen LogP contribution in [0.5, 0.6) is 0 Å². The van der Waals surface area contributed by atoms with E-state index in [-0.39, 0.29) is 35.8 Å². The van der Waals surface area contributed by atoms with Gasteiger partial charge in [-0.05, 0) is 90.7 Å². The van der Waals surface area contributed by atoms with Crippen molar-refractivity contribution in [3.63, 3.8) is 0 Å². The number of imidazole rings is 1. The fourth-order valence-corrected chi connectivity index (χ4v) is 7.83. The SMILES string of the molecule is CC(NC1CCN(c2cccc3c2n(C)c(=O)n3C2CCC(=O)NC2=O)CC1)[C@H]1CC[C@H](n2cc(NC(=O)OC(C)(C)C)c(C(F)F)n2)CC1. The van der Waals surface area contributed by atoms with Crippen LogP contribution in [0.3, 0.4) is 0 Å². The molecule has 3 N–H and O–H groups in total. The third-order valence-corrected chi connectivity index (χ3v) is 10.4. The predicted molar refractivity (Wildman–Crippen MR) is 184 cm³/mol. The van der Waals surface area contributed by atoms with Crippen molar-refractivity contribution >= 4 is 40.3 Å². The molecule has 3 fully saturated rings. The third kappa shape index (κ3) is 7.42. The number of piperidine rings is 2. The van der Waals surface area contributed by atoms with Crippen molar-refractivity contribution in [2.75, 3.05) is 23.3 Å². The van der Waals surface area contributed by atoms with E-state index in [1.165, 1.54) is 10.8 Å². The summed E-state index contributed by atoms with van der Waals surface area (Å²) in [5, 5.41) is 12.8. The van der Waals surface area contributed by atoms with Crippen LogP contribution >= 0.6 is 0 Å². The smallest absolute Gasteiger partial charge is 0.412 e. The number of amides is 3. The molecule has 1 aromatic carbocycles. The van der Waals surface area contributed by atoms with Gasteiger partial charge in [0.05, 0.1) is 28.5 Å². The number of alkyl halides is 2. The number of para-hydroxylation sites is 1. The van der Waals surface area contributed by atoms with Crippen molar-refractivity contribution in [1.82, 2.24) is 29.5 Å². The van der Waals surface area contributed by atoms with Crippen LogP contribution in [0.4, 0.5) is 25.0 Å². The zero-order chi connectivity index (χ0) is 35.9. The molecule has 50 heavy (non-hydrogen) atoms. The number of benzene rings is 1. The lowest BCUT2D eigenvalue weighted by molar-refractivity contribution is -0.135. The Balaban J connectivity index is 1.04. The Morgan fingerprint density at radius 2 is 1.74 bits per heavy atom. The van der Waals surface area contributed by atoms with Crippen molar-refractivity contribution in [3.05, 3.63) is 40.6 Å².